The number of nitrogens with one attached hydrogen (secondary N) is 3. The molecule has 2 heterocycles. The molecule has 4 rings (SSSR count). The Bertz CT molecular complexity index is 1250. The largest absolute Gasteiger partial charge is 0.457 e. The number of ether oxygens (including phenoxy) is 2. The smallest absolute Gasteiger partial charge is 0.338 e. The number of carbonyl (C=O) groups excluding carboxylic acids is 4. The average Bonchev–Trinajstić information content (AvgIpc) is 3.43. The number of urea groups is 1. The molecule has 2 atom stereocenters. The molecule has 37 heavy (non-hydrogen) atoms. The zero-order valence-corrected chi connectivity index (χ0v) is 19.9. The molecule has 0 spiro atoms. The molecule has 1 saturated heterocycles. The van der Waals surface area contributed by atoms with E-state index in [0.717, 1.165) is 11.3 Å². The van der Waals surface area contributed by atoms with Crippen molar-refractivity contribution >= 4 is 29.6 Å². The van der Waals surface area contributed by atoms with E-state index in [1.807, 2.05) is 48.5 Å². The van der Waals surface area contributed by atoms with Crippen molar-refractivity contribution in [1.29, 1.82) is 0 Å². The highest BCUT2D eigenvalue weighted by molar-refractivity contribution is 5.96. The Balaban J connectivity index is 1.19. The van der Waals surface area contributed by atoms with Crippen molar-refractivity contribution in [3.63, 3.8) is 0 Å². The van der Waals surface area contributed by atoms with Crippen LogP contribution in [0.2, 0.25) is 0 Å². The standard InChI is InChI=1S/C27H26N4O6/c32-24(37-26(34)23-13-12-22(31-23)21-11-4-5-14-28-21)16-29-27(35)30-20-10-6-9-19(15-20)25(33)36-17-18-7-2-1-3-8-18/h1-11,14-15,22-23,31H,12-13,16-17H2,(H2,29,30,35)/t22?,23-/m0/s1. The third kappa shape index (κ3) is 7.45. The Kier molecular flexibility index (Phi) is 8.56. The van der Waals surface area contributed by atoms with Crippen molar-refractivity contribution in [2.75, 3.05) is 11.9 Å². The van der Waals surface area contributed by atoms with Crippen LogP contribution in [0.5, 0.6) is 0 Å². The first-order valence-electron chi connectivity index (χ1n) is 11.8. The number of aromatic nitrogens is 1. The summed E-state index contributed by atoms with van der Waals surface area (Å²) in [6.45, 7) is -0.383. The highest BCUT2D eigenvalue weighted by Crippen LogP contribution is 2.25. The van der Waals surface area contributed by atoms with Gasteiger partial charge in [-0.25, -0.2) is 19.2 Å². The van der Waals surface area contributed by atoms with E-state index >= 15 is 0 Å². The fourth-order valence-corrected chi connectivity index (χ4v) is 3.82. The molecule has 1 aliphatic heterocycles. The summed E-state index contributed by atoms with van der Waals surface area (Å²) < 4.78 is 10.2. The van der Waals surface area contributed by atoms with Gasteiger partial charge in [-0.2, -0.15) is 0 Å². The number of carbonyl (C=O) groups is 4. The molecule has 3 N–H and O–H groups in total. The van der Waals surface area contributed by atoms with Crippen LogP contribution in [0.25, 0.3) is 0 Å². The van der Waals surface area contributed by atoms with Crippen LogP contribution in [-0.2, 0) is 25.7 Å². The summed E-state index contributed by atoms with van der Waals surface area (Å²) in [5.74, 6) is -2.13. The molecule has 0 saturated carbocycles. The van der Waals surface area contributed by atoms with E-state index in [1.54, 1.807) is 24.4 Å². The van der Waals surface area contributed by atoms with Crippen LogP contribution in [0.1, 0.15) is 40.5 Å². The third-order valence-corrected chi connectivity index (χ3v) is 5.65. The maximum Gasteiger partial charge on any atom is 0.338 e. The molecular formula is C27H26N4O6. The molecular weight excluding hydrogens is 476 g/mol. The summed E-state index contributed by atoms with van der Waals surface area (Å²) in [6.07, 6.45) is 2.87. The van der Waals surface area contributed by atoms with Crippen LogP contribution in [0.15, 0.2) is 79.0 Å². The Labute approximate surface area is 213 Å². The van der Waals surface area contributed by atoms with Crippen molar-refractivity contribution in [2.45, 2.75) is 31.5 Å². The van der Waals surface area contributed by atoms with E-state index in [4.69, 9.17) is 9.47 Å². The van der Waals surface area contributed by atoms with Gasteiger partial charge in [0.15, 0.2) is 0 Å². The maximum absolute atomic E-state index is 12.3. The Morgan fingerprint density at radius 1 is 0.946 bits per heavy atom. The van der Waals surface area contributed by atoms with Crippen molar-refractivity contribution < 1.29 is 28.7 Å². The van der Waals surface area contributed by atoms with Gasteiger partial charge in [0.25, 0.3) is 0 Å². The number of hydrogen-bond acceptors (Lipinski definition) is 8. The second kappa shape index (κ2) is 12.4. The minimum atomic E-state index is -0.888. The van der Waals surface area contributed by atoms with Crippen molar-refractivity contribution in [3.8, 4) is 0 Å². The van der Waals surface area contributed by atoms with Crippen LogP contribution in [0.3, 0.4) is 0 Å². The molecule has 10 nitrogen and oxygen atoms in total. The van der Waals surface area contributed by atoms with Gasteiger partial charge in [-0.05, 0) is 48.7 Å². The zero-order valence-electron chi connectivity index (χ0n) is 19.9. The lowest BCUT2D eigenvalue weighted by Crippen LogP contribution is -2.39. The van der Waals surface area contributed by atoms with Gasteiger partial charge >= 0.3 is 23.9 Å². The summed E-state index contributed by atoms with van der Waals surface area (Å²) in [5, 5.41) is 7.98. The molecule has 0 radical (unpaired) electrons. The van der Waals surface area contributed by atoms with Gasteiger partial charge in [-0.1, -0.05) is 42.5 Å². The van der Waals surface area contributed by atoms with Gasteiger partial charge in [0.2, 0.25) is 0 Å². The van der Waals surface area contributed by atoms with Crippen LogP contribution in [-0.4, -0.2) is 41.5 Å². The molecule has 1 unspecified atom stereocenters. The lowest BCUT2D eigenvalue weighted by Gasteiger charge is -2.13. The Morgan fingerprint density at radius 3 is 2.54 bits per heavy atom. The molecule has 1 aliphatic rings. The first kappa shape index (κ1) is 25.5. The monoisotopic (exact) mass is 502 g/mol. The predicted molar refractivity (Wildman–Crippen MR) is 133 cm³/mol. The van der Waals surface area contributed by atoms with E-state index in [1.165, 1.54) is 6.07 Å². The molecule has 2 aromatic carbocycles. The lowest BCUT2D eigenvalue weighted by molar-refractivity contribution is -0.160. The number of rotatable bonds is 8. The summed E-state index contributed by atoms with van der Waals surface area (Å²) in [5.41, 5.74) is 2.25. The highest BCUT2D eigenvalue weighted by Gasteiger charge is 2.32. The van der Waals surface area contributed by atoms with E-state index in [9.17, 15) is 19.2 Å². The number of amides is 2. The molecule has 190 valence electrons. The van der Waals surface area contributed by atoms with Crippen LogP contribution in [0, 0.1) is 0 Å². The van der Waals surface area contributed by atoms with E-state index in [-0.39, 0.29) is 18.2 Å². The number of benzene rings is 2. The first-order valence-corrected chi connectivity index (χ1v) is 11.8. The summed E-state index contributed by atoms with van der Waals surface area (Å²) in [4.78, 5) is 53.2. The molecule has 10 heteroatoms. The first-order chi connectivity index (χ1) is 18.0. The topological polar surface area (TPSA) is 136 Å². The predicted octanol–water partition coefficient (Wildman–Crippen LogP) is 3.12. The van der Waals surface area contributed by atoms with E-state index in [2.05, 4.69) is 20.9 Å². The Morgan fingerprint density at radius 2 is 1.76 bits per heavy atom. The SMILES string of the molecule is O=C(NCC(=O)OC(=O)[C@@H]1CCC(c2ccccn2)N1)Nc1cccc(C(=O)OCc2ccccc2)c1. The van der Waals surface area contributed by atoms with Crippen molar-refractivity contribution in [3.05, 3.63) is 95.8 Å². The number of esters is 3. The molecule has 0 aliphatic carbocycles. The maximum atomic E-state index is 12.3. The number of anilines is 1. The van der Waals surface area contributed by atoms with Gasteiger partial charge < -0.3 is 20.1 Å². The second-order valence-electron chi connectivity index (χ2n) is 8.35. The fraction of sp³-hybridized carbons (Fsp3) is 0.222. The zero-order chi connectivity index (χ0) is 26.0. The normalized spacial score (nSPS) is 16.4. The minimum absolute atomic E-state index is 0.0934. The fourth-order valence-electron chi connectivity index (χ4n) is 3.82. The summed E-state index contributed by atoms with van der Waals surface area (Å²) in [6, 6.07) is 19.6. The van der Waals surface area contributed by atoms with Gasteiger partial charge in [0, 0.05) is 11.9 Å². The number of pyridine rings is 1. The Hall–Kier alpha value is -4.57. The van der Waals surface area contributed by atoms with Crippen molar-refractivity contribution in [1.82, 2.24) is 15.6 Å². The van der Waals surface area contributed by atoms with Crippen LogP contribution < -0.4 is 16.0 Å². The number of nitrogens with zero attached hydrogens (tertiary/aromatic N) is 1. The quantitative estimate of drug-likeness (QED) is 0.316. The van der Waals surface area contributed by atoms with Gasteiger partial charge in [-0.15, -0.1) is 0 Å². The third-order valence-electron chi connectivity index (χ3n) is 5.65. The molecule has 2 amide bonds. The minimum Gasteiger partial charge on any atom is -0.457 e. The van der Waals surface area contributed by atoms with E-state index < -0.39 is 36.5 Å². The van der Waals surface area contributed by atoms with Crippen LogP contribution in [0.4, 0.5) is 10.5 Å². The molecule has 0 bridgehead atoms. The van der Waals surface area contributed by atoms with Gasteiger partial charge in [-0.3, -0.25) is 10.3 Å². The van der Waals surface area contributed by atoms with Crippen LogP contribution >= 0.6 is 0 Å². The van der Waals surface area contributed by atoms with Gasteiger partial charge in [0.05, 0.1) is 17.3 Å². The summed E-state index contributed by atoms with van der Waals surface area (Å²) >= 11 is 0. The van der Waals surface area contributed by atoms with Crippen molar-refractivity contribution in [2.24, 2.45) is 0 Å². The number of hydrogen-bond donors (Lipinski definition) is 3. The molecule has 1 fully saturated rings. The summed E-state index contributed by atoms with van der Waals surface area (Å²) in [7, 11) is 0. The van der Waals surface area contributed by atoms with Gasteiger partial charge in [0.1, 0.15) is 19.2 Å². The van der Waals surface area contributed by atoms with E-state index in [0.29, 0.717) is 18.5 Å². The molecule has 3 aromatic rings. The average molecular weight is 503 g/mol. The second-order valence-corrected chi connectivity index (χ2v) is 8.35. The molecule has 1 aromatic heterocycles. The lowest BCUT2D eigenvalue weighted by atomic mass is 10.1. The highest BCUT2D eigenvalue weighted by atomic mass is 16.6.